The second-order valence-corrected chi connectivity index (χ2v) is 7.38. The summed E-state index contributed by atoms with van der Waals surface area (Å²) in [4.78, 5) is 12.0. The predicted molar refractivity (Wildman–Crippen MR) is 110 cm³/mol. The van der Waals surface area contributed by atoms with E-state index < -0.39 is 23.8 Å². The molecule has 1 amide bonds. The molecule has 3 rings (SSSR count). The Morgan fingerprint density at radius 1 is 1.00 bits per heavy atom. The van der Waals surface area contributed by atoms with Gasteiger partial charge in [0.05, 0.1) is 0 Å². The van der Waals surface area contributed by atoms with Crippen LogP contribution in [0, 0.1) is 5.92 Å². The third kappa shape index (κ3) is 4.44. The van der Waals surface area contributed by atoms with Crippen LogP contribution in [0.1, 0.15) is 19.4 Å². The van der Waals surface area contributed by atoms with Gasteiger partial charge < -0.3 is 0 Å². The number of amides is 1. The van der Waals surface area contributed by atoms with Crippen molar-refractivity contribution in [2.45, 2.75) is 32.4 Å². The van der Waals surface area contributed by atoms with Gasteiger partial charge in [-0.3, -0.25) is 15.3 Å². The minimum atomic E-state index is -2.71. The second kappa shape index (κ2) is 8.68. The van der Waals surface area contributed by atoms with Crippen molar-refractivity contribution in [1.82, 2.24) is 10.8 Å². The van der Waals surface area contributed by atoms with Crippen molar-refractivity contribution < 1.29 is 18.8 Å². The first-order valence-electron chi connectivity index (χ1n) is 9.41. The number of benzene rings is 3. The molecule has 3 aromatic rings. The average molecular weight is 398 g/mol. The molecular weight excluding hydrogens is 374 g/mol. The first-order valence-corrected chi connectivity index (χ1v) is 9.41. The molecule has 0 aliphatic rings. The Kier molecular flexibility index (Phi) is 6.25. The van der Waals surface area contributed by atoms with E-state index in [4.69, 9.17) is 5.21 Å². The molecule has 29 heavy (non-hydrogen) atoms. The molecule has 0 fully saturated rings. The Morgan fingerprint density at radius 3 is 2.31 bits per heavy atom. The molecule has 0 bridgehead atoms. The van der Waals surface area contributed by atoms with Gasteiger partial charge in [-0.15, -0.1) is 0 Å². The van der Waals surface area contributed by atoms with Crippen molar-refractivity contribution in [2.24, 2.45) is 5.92 Å². The number of rotatable bonds is 7. The number of carbonyl (C=O) groups is 1. The topological polar surface area (TPSA) is 61.4 Å². The molecular formula is C23H24F2N2O2. The minimum absolute atomic E-state index is 0.206. The van der Waals surface area contributed by atoms with Gasteiger partial charge >= 0.3 is 0 Å². The molecule has 4 nitrogen and oxygen atoms in total. The first-order chi connectivity index (χ1) is 13.8. The van der Waals surface area contributed by atoms with Gasteiger partial charge in [-0.2, -0.15) is 0 Å². The number of fused-ring (bicyclic) bond motifs is 1. The molecule has 0 radical (unpaired) electrons. The first kappa shape index (κ1) is 20.9. The number of halogens is 2. The average Bonchev–Trinajstić information content (AvgIpc) is 2.76. The van der Waals surface area contributed by atoms with Crippen LogP contribution in [-0.2, 0) is 11.3 Å². The molecule has 0 saturated heterocycles. The fraction of sp³-hybridized carbons (Fsp3) is 0.261. The Hall–Kier alpha value is -2.83. The maximum absolute atomic E-state index is 13.2. The zero-order valence-electron chi connectivity index (χ0n) is 16.3. The van der Waals surface area contributed by atoms with Crippen LogP contribution in [0.2, 0.25) is 0 Å². The summed E-state index contributed by atoms with van der Waals surface area (Å²) in [6.07, 6.45) is -2.71. The zero-order valence-corrected chi connectivity index (χ0v) is 16.3. The fourth-order valence-corrected chi connectivity index (χ4v) is 3.32. The molecule has 0 aliphatic heterocycles. The van der Waals surface area contributed by atoms with Crippen LogP contribution in [-0.4, -0.2) is 23.1 Å². The third-order valence-corrected chi connectivity index (χ3v) is 5.53. The molecule has 3 N–H and O–H groups in total. The summed E-state index contributed by atoms with van der Waals surface area (Å²) in [7, 11) is 0. The summed E-state index contributed by atoms with van der Waals surface area (Å²) in [6, 6.07) is 22.1. The van der Waals surface area contributed by atoms with Crippen LogP contribution in [0.5, 0.6) is 0 Å². The summed E-state index contributed by atoms with van der Waals surface area (Å²) in [5.41, 5.74) is 2.97. The largest absolute Gasteiger partial charge is 0.299 e. The molecule has 0 heterocycles. The molecule has 0 saturated carbocycles. The smallest absolute Gasteiger partial charge is 0.263 e. The van der Waals surface area contributed by atoms with Crippen molar-refractivity contribution in [1.29, 1.82) is 0 Å². The summed E-state index contributed by atoms with van der Waals surface area (Å²) >= 11 is 0. The SMILES string of the molecule is CC(C(F)F)[C@](C)(NCc1ccc2cc(-c3ccccc3)ccc2c1)C(=O)NO. The van der Waals surface area contributed by atoms with Gasteiger partial charge in [0.2, 0.25) is 6.43 Å². The maximum Gasteiger partial charge on any atom is 0.263 e. The lowest BCUT2D eigenvalue weighted by atomic mass is 9.86. The summed E-state index contributed by atoms with van der Waals surface area (Å²) in [6.45, 7) is 2.85. The van der Waals surface area contributed by atoms with Crippen LogP contribution in [0.15, 0.2) is 66.7 Å². The van der Waals surface area contributed by atoms with E-state index in [1.165, 1.54) is 19.3 Å². The molecule has 152 valence electrons. The van der Waals surface area contributed by atoms with Crippen molar-refractivity contribution >= 4 is 16.7 Å². The normalized spacial score (nSPS) is 14.6. The lowest BCUT2D eigenvalue weighted by Crippen LogP contribution is -2.59. The number of alkyl halides is 2. The summed E-state index contributed by atoms with van der Waals surface area (Å²) in [5.74, 6) is -2.18. The Balaban J connectivity index is 1.82. The van der Waals surface area contributed by atoms with Gasteiger partial charge in [0.25, 0.3) is 5.91 Å². The number of carbonyl (C=O) groups excluding carboxylic acids is 1. The van der Waals surface area contributed by atoms with E-state index in [0.717, 1.165) is 27.5 Å². The van der Waals surface area contributed by atoms with E-state index in [1.807, 2.05) is 48.5 Å². The van der Waals surface area contributed by atoms with Gasteiger partial charge in [0.1, 0.15) is 5.54 Å². The molecule has 2 atom stereocenters. The van der Waals surface area contributed by atoms with Gasteiger partial charge in [0.15, 0.2) is 0 Å². The lowest BCUT2D eigenvalue weighted by molar-refractivity contribution is -0.140. The van der Waals surface area contributed by atoms with Crippen LogP contribution in [0.3, 0.4) is 0 Å². The van der Waals surface area contributed by atoms with Gasteiger partial charge in [-0.05, 0) is 46.5 Å². The molecule has 3 aromatic carbocycles. The third-order valence-electron chi connectivity index (χ3n) is 5.53. The lowest BCUT2D eigenvalue weighted by Gasteiger charge is -2.34. The van der Waals surface area contributed by atoms with Gasteiger partial charge in [-0.1, -0.05) is 61.5 Å². The Bertz CT molecular complexity index is 995. The quantitative estimate of drug-likeness (QED) is 0.397. The van der Waals surface area contributed by atoms with Crippen molar-refractivity contribution in [3.63, 3.8) is 0 Å². The monoisotopic (exact) mass is 398 g/mol. The maximum atomic E-state index is 13.2. The highest BCUT2D eigenvalue weighted by molar-refractivity contribution is 5.88. The van der Waals surface area contributed by atoms with Gasteiger partial charge in [-0.25, -0.2) is 14.3 Å². The fourth-order valence-electron chi connectivity index (χ4n) is 3.32. The number of hydroxylamine groups is 1. The minimum Gasteiger partial charge on any atom is -0.299 e. The van der Waals surface area contributed by atoms with Crippen LogP contribution < -0.4 is 10.8 Å². The summed E-state index contributed by atoms with van der Waals surface area (Å²) in [5, 5.41) is 13.9. The summed E-state index contributed by atoms with van der Waals surface area (Å²) < 4.78 is 26.5. The van der Waals surface area contributed by atoms with Crippen LogP contribution in [0.25, 0.3) is 21.9 Å². The number of hydrogen-bond acceptors (Lipinski definition) is 3. The molecule has 1 unspecified atom stereocenters. The standard InChI is InChI=1S/C23H24F2N2O2/c1-15(21(24)25)23(2,22(28)27-29)26-14-16-8-9-20-13-19(11-10-18(20)12-16)17-6-4-3-5-7-17/h3-13,15,21,26,29H,14H2,1-2H3,(H,27,28)/t15?,23-/m0/s1. The molecule has 0 spiro atoms. The van der Waals surface area contributed by atoms with Crippen LogP contribution >= 0.6 is 0 Å². The highest BCUT2D eigenvalue weighted by Crippen LogP contribution is 2.27. The Morgan fingerprint density at radius 2 is 1.66 bits per heavy atom. The van der Waals surface area contributed by atoms with Crippen molar-refractivity contribution in [3.8, 4) is 11.1 Å². The highest BCUT2D eigenvalue weighted by Gasteiger charge is 2.43. The molecule has 6 heteroatoms. The zero-order chi connectivity index (χ0) is 21.0. The predicted octanol–water partition coefficient (Wildman–Crippen LogP) is 4.76. The van der Waals surface area contributed by atoms with Crippen LogP contribution in [0.4, 0.5) is 8.78 Å². The van der Waals surface area contributed by atoms with Crippen molar-refractivity contribution in [2.75, 3.05) is 0 Å². The number of nitrogens with one attached hydrogen (secondary N) is 2. The van der Waals surface area contributed by atoms with Gasteiger partial charge in [0, 0.05) is 12.5 Å². The Labute approximate surface area is 168 Å². The highest BCUT2D eigenvalue weighted by atomic mass is 19.3. The van der Waals surface area contributed by atoms with E-state index in [9.17, 15) is 13.6 Å². The van der Waals surface area contributed by atoms with E-state index in [1.54, 1.807) is 0 Å². The number of hydrogen-bond donors (Lipinski definition) is 3. The second-order valence-electron chi connectivity index (χ2n) is 7.38. The van der Waals surface area contributed by atoms with E-state index in [-0.39, 0.29) is 6.54 Å². The molecule has 0 aromatic heterocycles. The van der Waals surface area contributed by atoms with E-state index in [2.05, 4.69) is 23.5 Å². The van der Waals surface area contributed by atoms with E-state index in [0.29, 0.717) is 0 Å². The van der Waals surface area contributed by atoms with E-state index >= 15 is 0 Å². The van der Waals surface area contributed by atoms with Crippen molar-refractivity contribution in [3.05, 3.63) is 72.3 Å². The molecule has 0 aliphatic carbocycles.